The van der Waals surface area contributed by atoms with E-state index in [0.29, 0.717) is 11.0 Å². The molecule has 4 aromatic rings. The van der Waals surface area contributed by atoms with E-state index < -0.39 is 0 Å². The Balaban J connectivity index is 2.22. The number of para-hydroxylation sites is 2. The molecule has 0 aliphatic rings. The lowest BCUT2D eigenvalue weighted by Crippen LogP contribution is -2.45. The molecule has 116 valence electrons. The van der Waals surface area contributed by atoms with Crippen molar-refractivity contribution < 1.29 is 0 Å². The monoisotopic (exact) mass is 305 g/mol. The Morgan fingerprint density at radius 1 is 1.00 bits per heavy atom. The highest BCUT2D eigenvalue weighted by Crippen LogP contribution is 2.37. The van der Waals surface area contributed by atoms with Crippen molar-refractivity contribution in [1.82, 2.24) is 14.5 Å². The van der Waals surface area contributed by atoms with Crippen LogP contribution in [0, 0.1) is 0 Å². The molecule has 0 saturated carbocycles. The Morgan fingerprint density at radius 3 is 2.48 bits per heavy atom. The maximum absolute atomic E-state index is 5.85. The van der Waals surface area contributed by atoms with Gasteiger partial charge in [-0.25, -0.2) is 0 Å². The molecule has 0 aliphatic carbocycles. The molecule has 0 saturated heterocycles. The van der Waals surface area contributed by atoms with Crippen molar-refractivity contribution in [2.45, 2.75) is 0 Å². The fourth-order valence-electron chi connectivity index (χ4n) is 3.40. The van der Waals surface area contributed by atoms with Gasteiger partial charge in [-0.15, -0.1) is 0 Å². The minimum absolute atomic E-state index is 0.630. The number of aromatic nitrogens is 2. The number of aromatic amines is 1. The van der Waals surface area contributed by atoms with Crippen molar-refractivity contribution in [2.24, 2.45) is 5.73 Å². The van der Waals surface area contributed by atoms with E-state index in [2.05, 4.69) is 61.5 Å². The molecule has 0 spiro atoms. The van der Waals surface area contributed by atoms with E-state index in [1.807, 2.05) is 6.07 Å². The number of H-pyrrole nitrogens is 1. The normalized spacial score (nSPS) is 12.5. The molecule has 0 amide bonds. The zero-order chi connectivity index (χ0) is 16.0. The molecule has 4 nitrogen and oxygen atoms in total. The summed E-state index contributed by atoms with van der Waals surface area (Å²) in [7, 11) is 4.34. The van der Waals surface area contributed by atoms with Gasteiger partial charge in [0.05, 0.1) is 37.1 Å². The third-order valence-corrected chi connectivity index (χ3v) is 4.59. The second-order valence-corrected chi connectivity index (χ2v) is 6.57. The van der Waals surface area contributed by atoms with E-state index >= 15 is 0 Å². The number of hydrogen-bond donors (Lipinski definition) is 2. The first-order valence-electron chi connectivity index (χ1n) is 7.94. The zero-order valence-corrected chi connectivity index (χ0v) is 13.5. The SMILES string of the molecule is C[N+](C)(CCN)c1nc2ccccc2c2[nH]c3ccccc3c12. The molecule has 4 rings (SSSR count). The highest BCUT2D eigenvalue weighted by Gasteiger charge is 2.26. The van der Waals surface area contributed by atoms with Crippen LogP contribution in [-0.4, -0.2) is 37.2 Å². The van der Waals surface area contributed by atoms with Gasteiger partial charge in [-0.05, 0) is 12.1 Å². The third-order valence-electron chi connectivity index (χ3n) is 4.59. The molecule has 2 aromatic carbocycles. The summed E-state index contributed by atoms with van der Waals surface area (Å²) < 4.78 is 0.666. The van der Waals surface area contributed by atoms with Crippen LogP contribution in [-0.2, 0) is 0 Å². The van der Waals surface area contributed by atoms with Crippen LogP contribution >= 0.6 is 0 Å². The number of hydrogen-bond acceptors (Lipinski definition) is 2. The zero-order valence-electron chi connectivity index (χ0n) is 13.5. The number of fused-ring (bicyclic) bond motifs is 5. The van der Waals surface area contributed by atoms with Crippen LogP contribution in [0.15, 0.2) is 48.5 Å². The number of benzene rings is 2. The van der Waals surface area contributed by atoms with Crippen molar-refractivity contribution >= 4 is 38.5 Å². The van der Waals surface area contributed by atoms with E-state index in [1.165, 1.54) is 10.8 Å². The predicted molar refractivity (Wildman–Crippen MR) is 98.7 cm³/mol. The second-order valence-electron chi connectivity index (χ2n) is 6.57. The lowest BCUT2D eigenvalue weighted by Gasteiger charge is -2.28. The number of nitrogens with zero attached hydrogens (tertiary/aromatic N) is 2. The van der Waals surface area contributed by atoms with Gasteiger partial charge in [0.1, 0.15) is 0 Å². The number of rotatable bonds is 3. The minimum atomic E-state index is 0.630. The van der Waals surface area contributed by atoms with E-state index in [0.717, 1.165) is 34.3 Å². The van der Waals surface area contributed by atoms with Crippen LogP contribution < -0.4 is 10.2 Å². The Hall–Kier alpha value is -2.43. The fraction of sp³-hybridized carbons (Fsp3) is 0.211. The standard InChI is InChI=1S/C19H21N4/c1-23(2,12-11-20)19-17-13-7-3-5-9-15(13)21-18(17)14-8-4-6-10-16(14)22-19/h3-10,21H,11-12,20H2,1-2H3/q+1. The minimum Gasteiger partial charge on any atom is -0.354 e. The molecule has 2 aromatic heterocycles. The van der Waals surface area contributed by atoms with Gasteiger partial charge in [0.15, 0.2) is 0 Å². The van der Waals surface area contributed by atoms with Crippen LogP contribution in [0.2, 0.25) is 0 Å². The number of quaternary nitrogens is 1. The largest absolute Gasteiger partial charge is 0.354 e. The summed E-state index contributed by atoms with van der Waals surface area (Å²) in [6.45, 7) is 1.48. The number of pyridine rings is 1. The van der Waals surface area contributed by atoms with Crippen molar-refractivity contribution in [3.63, 3.8) is 0 Å². The number of likely N-dealkylation sites (N-methyl/N-ethyl adjacent to an activating group) is 1. The van der Waals surface area contributed by atoms with Crippen molar-refractivity contribution in [3.8, 4) is 0 Å². The van der Waals surface area contributed by atoms with Gasteiger partial charge in [-0.2, -0.15) is 4.98 Å². The molecular formula is C19H21N4+. The maximum atomic E-state index is 5.85. The number of nitrogens with two attached hydrogens (primary N) is 1. The number of nitrogens with one attached hydrogen (secondary N) is 1. The van der Waals surface area contributed by atoms with Gasteiger partial charge in [0.2, 0.25) is 5.82 Å². The highest BCUT2D eigenvalue weighted by atomic mass is 15.4. The fourth-order valence-corrected chi connectivity index (χ4v) is 3.40. The molecule has 23 heavy (non-hydrogen) atoms. The Labute approximate surface area is 135 Å². The first kappa shape index (κ1) is 14.2. The van der Waals surface area contributed by atoms with Gasteiger partial charge < -0.3 is 10.7 Å². The van der Waals surface area contributed by atoms with Crippen LogP contribution in [0.1, 0.15) is 0 Å². The van der Waals surface area contributed by atoms with E-state index in [1.54, 1.807) is 0 Å². The molecule has 0 radical (unpaired) electrons. The first-order valence-corrected chi connectivity index (χ1v) is 7.94. The van der Waals surface area contributed by atoms with Crippen molar-refractivity contribution in [1.29, 1.82) is 0 Å². The predicted octanol–water partition coefficient (Wildman–Crippen LogP) is 3.39. The summed E-state index contributed by atoms with van der Waals surface area (Å²) in [5.41, 5.74) is 9.17. The lowest BCUT2D eigenvalue weighted by molar-refractivity contribution is 0.403. The highest BCUT2D eigenvalue weighted by molar-refractivity contribution is 6.20. The third kappa shape index (κ3) is 2.11. The summed E-state index contributed by atoms with van der Waals surface area (Å²) >= 11 is 0. The Bertz CT molecular complexity index is 1010. The molecular weight excluding hydrogens is 284 g/mol. The smallest absolute Gasteiger partial charge is 0.237 e. The molecule has 0 bridgehead atoms. The van der Waals surface area contributed by atoms with Gasteiger partial charge in [0, 0.05) is 22.8 Å². The molecule has 0 unspecified atom stereocenters. The average Bonchev–Trinajstić information content (AvgIpc) is 2.93. The Morgan fingerprint density at radius 2 is 1.70 bits per heavy atom. The van der Waals surface area contributed by atoms with E-state index in [4.69, 9.17) is 10.7 Å². The summed E-state index contributed by atoms with van der Waals surface area (Å²) in [4.78, 5) is 8.61. The summed E-state index contributed by atoms with van der Waals surface area (Å²) in [5, 5.41) is 3.59. The summed E-state index contributed by atoms with van der Waals surface area (Å²) in [6.07, 6.45) is 0. The molecule has 0 atom stereocenters. The molecule has 0 fully saturated rings. The van der Waals surface area contributed by atoms with E-state index in [9.17, 15) is 0 Å². The van der Waals surface area contributed by atoms with Gasteiger partial charge in [0.25, 0.3) is 0 Å². The quantitative estimate of drug-likeness (QED) is 0.570. The lowest BCUT2D eigenvalue weighted by atomic mass is 10.1. The van der Waals surface area contributed by atoms with Gasteiger partial charge in [-0.1, -0.05) is 36.4 Å². The Kier molecular flexibility index (Phi) is 3.11. The molecule has 4 heteroatoms. The van der Waals surface area contributed by atoms with Crippen molar-refractivity contribution in [2.75, 3.05) is 27.2 Å². The van der Waals surface area contributed by atoms with E-state index in [-0.39, 0.29) is 0 Å². The van der Waals surface area contributed by atoms with Crippen LogP contribution in [0.3, 0.4) is 0 Å². The molecule has 3 N–H and O–H groups in total. The summed E-state index contributed by atoms with van der Waals surface area (Å²) in [5.74, 6) is 1.07. The maximum Gasteiger partial charge on any atom is 0.237 e. The van der Waals surface area contributed by atoms with Gasteiger partial charge in [-0.3, -0.25) is 4.48 Å². The van der Waals surface area contributed by atoms with Crippen LogP contribution in [0.5, 0.6) is 0 Å². The van der Waals surface area contributed by atoms with Crippen LogP contribution in [0.4, 0.5) is 5.82 Å². The average molecular weight is 305 g/mol. The molecule has 0 aliphatic heterocycles. The molecule has 2 heterocycles. The van der Waals surface area contributed by atoms with Gasteiger partial charge >= 0.3 is 0 Å². The summed E-state index contributed by atoms with van der Waals surface area (Å²) in [6, 6.07) is 16.7. The second kappa shape index (κ2) is 5.05. The topological polar surface area (TPSA) is 54.7 Å². The van der Waals surface area contributed by atoms with Crippen molar-refractivity contribution in [3.05, 3.63) is 48.5 Å². The van der Waals surface area contributed by atoms with Crippen LogP contribution in [0.25, 0.3) is 32.7 Å². The first-order chi connectivity index (χ1) is 11.1.